The molecule has 2 atom stereocenters. The molecule has 0 spiro atoms. The molecule has 0 fully saturated rings. The fourth-order valence-corrected chi connectivity index (χ4v) is 5.61. The van der Waals surface area contributed by atoms with Gasteiger partial charge in [0.1, 0.15) is 16.7 Å². The summed E-state index contributed by atoms with van der Waals surface area (Å²) in [6.45, 7) is 2.51. The topological polar surface area (TPSA) is 169 Å². The predicted octanol–water partition coefficient (Wildman–Crippen LogP) is 0.164. The normalized spacial score (nSPS) is 14.6. The van der Waals surface area contributed by atoms with E-state index in [9.17, 15) is 23.5 Å². The largest absolute Gasteiger partial charge is 0.494 e. The van der Waals surface area contributed by atoms with E-state index in [0.717, 1.165) is 17.5 Å². The van der Waals surface area contributed by atoms with E-state index in [1.807, 2.05) is 6.92 Å². The van der Waals surface area contributed by atoms with Gasteiger partial charge < -0.3 is 9.84 Å². The lowest BCUT2D eigenvalue weighted by Crippen LogP contribution is -2.56. The third kappa shape index (κ3) is 4.39. The van der Waals surface area contributed by atoms with Crippen LogP contribution in [0.4, 0.5) is 0 Å². The molecule has 1 aromatic carbocycles. The highest BCUT2D eigenvalue weighted by atomic mass is 32.2. The first-order chi connectivity index (χ1) is 15.3. The summed E-state index contributed by atoms with van der Waals surface area (Å²) in [6, 6.07) is 8.11. The van der Waals surface area contributed by atoms with E-state index in [1.54, 1.807) is 0 Å². The molecule has 14 heteroatoms. The van der Waals surface area contributed by atoms with E-state index in [-0.39, 0.29) is 10.5 Å². The maximum absolute atomic E-state index is 13.4. The Morgan fingerprint density at radius 1 is 1.28 bits per heavy atom. The maximum atomic E-state index is 13.4. The van der Waals surface area contributed by atoms with Gasteiger partial charge in [0.05, 0.1) is 11.5 Å². The summed E-state index contributed by atoms with van der Waals surface area (Å²) in [6.07, 6.45) is 1.80. The quantitative estimate of drug-likeness (QED) is 0.135. The number of unbranched alkanes of at least 4 members (excludes halogenated alkanes) is 1. The minimum absolute atomic E-state index is 0.174. The van der Waals surface area contributed by atoms with Crippen molar-refractivity contribution < 1.29 is 28.3 Å². The second-order valence-electron chi connectivity index (χ2n) is 6.84. The Kier molecular flexibility index (Phi) is 7.28. The van der Waals surface area contributed by atoms with E-state index >= 15 is 0 Å². The third-order valence-corrected chi connectivity index (χ3v) is 7.63. The number of hydrogen-bond acceptors (Lipinski definition) is 11. The number of carbonyl (C=O) groups is 1. The molecular formula is C18H22N6O6S2. The highest BCUT2D eigenvalue weighted by Gasteiger charge is 2.53. The van der Waals surface area contributed by atoms with Crippen LogP contribution >= 0.6 is 12.6 Å². The summed E-state index contributed by atoms with van der Waals surface area (Å²) in [7, 11) is -4.35. The SMILES string of the molecule is CCCCOc1ccc(S(=O)(=O)C(CS)C(O)(C(=O)NO)c2ccc3nnnn3n2)cc1. The van der Waals surface area contributed by atoms with Gasteiger partial charge in [0, 0.05) is 5.75 Å². The van der Waals surface area contributed by atoms with Crippen molar-refractivity contribution in [1.29, 1.82) is 0 Å². The lowest BCUT2D eigenvalue weighted by atomic mass is 9.94. The zero-order chi connectivity index (χ0) is 23.4. The molecule has 3 aromatic rings. The number of amides is 1. The number of aliphatic hydroxyl groups is 1. The number of nitrogens with zero attached hydrogens (tertiary/aromatic N) is 5. The predicted molar refractivity (Wildman–Crippen MR) is 114 cm³/mol. The average Bonchev–Trinajstić information content (AvgIpc) is 3.27. The number of benzene rings is 1. The summed E-state index contributed by atoms with van der Waals surface area (Å²) < 4.78 is 33.3. The van der Waals surface area contributed by atoms with E-state index in [0.29, 0.717) is 12.4 Å². The van der Waals surface area contributed by atoms with Gasteiger partial charge in [0.25, 0.3) is 5.91 Å². The van der Waals surface area contributed by atoms with Crippen molar-refractivity contribution in [2.24, 2.45) is 0 Å². The number of carbonyl (C=O) groups excluding carboxylic acids is 1. The van der Waals surface area contributed by atoms with Crippen LogP contribution in [0.1, 0.15) is 25.5 Å². The zero-order valence-electron chi connectivity index (χ0n) is 17.0. The molecule has 0 saturated carbocycles. The van der Waals surface area contributed by atoms with E-state index in [2.05, 4.69) is 33.3 Å². The van der Waals surface area contributed by atoms with Crippen molar-refractivity contribution in [3.63, 3.8) is 0 Å². The molecule has 12 nitrogen and oxygen atoms in total. The minimum Gasteiger partial charge on any atom is -0.494 e. The van der Waals surface area contributed by atoms with E-state index in [1.165, 1.54) is 41.9 Å². The Balaban J connectivity index is 2.03. The summed E-state index contributed by atoms with van der Waals surface area (Å²) in [5, 5.41) is 33.4. The number of fused-ring (bicyclic) bond motifs is 1. The molecule has 0 bridgehead atoms. The fourth-order valence-electron chi connectivity index (χ4n) is 3.04. The smallest absolute Gasteiger partial charge is 0.283 e. The van der Waals surface area contributed by atoms with Crippen LogP contribution < -0.4 is 10.2 Å². The number of nitrogens with one attached hydrogen (secondary N) is 1. The van der Waals surface area contributed by atoms with Crippen LogP contribution in [0.3, 0.4) is 0 Å². The molecule has 0 aliphatic heterocycles. The third-order valence-electron chi connectivity index (χ3n) is 4.83. The van der Waals surface area contributed by atoms with Gasteiger partial charge in [0.2, 0.25) is 5.60 Å². The molecule has 0 radical (unpaired) electrons. The van der Waals surface area contributed by atoms with Crippen molar-refractivity contribution in [1.82, 2.24) is 30.7 Å². The second-order valence-corrected chi connectivity index (χ2v) is 9.34. The van der Waals surface area contributed by atoms with E-state index < -0.39 is 38.0 Å². The Labute approximate surface area is 188 Å². The molecular weight excluding hydrogens is 460 g/mol. The Morgan fingerprint density at radius 2 is 2.00 bits per heavy atom. The molecule has 0 saturated heterocycles. The van der Waals surface area contributed by atoms with Crippen LogP contribution in [-0.4, -0.2) is 67.5 Å². The van der Waals surface area contributed by atoms with Crippen molar-refractivity contribution in [3.8, 4) is 5.75 Å². The molecule has 3 N–H and O–H groups in total. The van der Waals surface area contributed by atoms with Crippen LogP contribution in [0.5, 0.6) is 5.75 Å². The standard InChI is InChI=1S/C18H22N6O6S2/c1-2-3-10-30-12-4-6-13(7-5-12)32(28,29)15(11-31)18(26,17(25)21-27)14-8-9-16-19-22-23-24(16)20-14/h4-9,15,26-27,31H,2-3,10-11H2,1H3,(H,21,25). The van der Waals surface area contributed by atoms with E-state index in [4.69, 9.17) is 4.74 Å². The first kappa shape index (κ1) is 23.8. The highest BCUT2D eigenvalue weighted by molar-refractivity contribution is 7.93. The molecule has 2 heterocycles. The van der Waals surface area contributed by atoms with Crippen LogP contribution in [0.15, 0.2) is 41.3 Å². The number of aromatic nitrogens is 5. The minimum atomic E-state index is -4.35. The van der Waals surface area contributed by atoms with Crippen molar-refractivity contribution in [3.05, 3.63) is 42.1 Å². The first-order valence-corrected chi connectivity index (χ1v) is 11.8. The number of rotatable bonds is 10. The van der Waals surface area contributed by atoms with Gasteiger partial charge in [-0.05, 0) is 53.2 Å². The summed E-state index contributed by atoms with van der Waals surface area (Å²) in [4.78, 5) is 12.4. The average molecular weight is 483 g/mol. The summed E-state index contributed by atoms with van der Waals surface area (Å²) >= 11 is 4.07. The molecule has 2 unspecified atom stereocenters. The summed E-state index contributed by atoms with van der Waals surface area (Å²) in [5.41, 5.74) is -1.70. The number of tetrazole rings is 1. The number of sulfone groups is 1. The van der Waals surface area contributed by atoms with Gasteiger partial charge in [-0.1, -0.05) is 13.3 Å². The lowest BCUT2D eigenvalue weighted by Gasteiger charge is -2.32. The second kappa shape index (κ2) is 9.77. The molecule has 0 aliphatic carbocycles. The Morgan fingerprint density at radius 3 is 2.62 bits per heavy atom. The number of ether oxygens (including phenoxy) is 1. The zero-order valence-corrected chi connectivity index (χ0v) is 18.7. The maximum Gasteiger partial charge on any atom is 0.283 e. The fraction of sp³-hybridized carbons (Fsp3) is 0.389. The molecule has 172 valence electrons. The van der Waals surface area contributed by atoms with Crippen molar-refractivity contribution >= 4 is 34.0 Å². The number of hydroxylamine groups is 1. The molecule has 32 heavy (non-hydrogen) atoms. The first-order valence-electron chi connectivity index (χ1n) is 9.59. The van der Waals surface area contributed by atoms with Gasteiger partial charge in [-0.2, -0.15) is 12.6 Å². The molecule has 3 rings (SSSR count). The molecule has 1 amide bonds. The van der Waals surface area contributed by atoms with Gasteiger partial charge in [-0.15, -0.1) is 14.8 Å². The van der Waals surface area contributed by atoms with Gasteiger partial charge in [0.15, 0.2) is 15.5 Å². The lowest BCUT2D eigenvalue weighted by molar-refractivity contribution is -0.150. The van der Waals surface area contributed by atoms with Gasteiger partial charge in [-0.3, -0.25) is 10.0 Å². The monoisotopic (exact) mass is 482 g/mol. The van der Waals surface area contributed by atoms with Crippen LogP contribution in [-0.2, 0) is 20.2 Å². The number of thiol groups is 1. The molecule has 2 aromatic heterocycles. The van der Waals surface area contributed by atoms with Gasteiger partial charge in [-0.25, -0.2) is 13.9 Å². The van der Waals surface area contributed by atoms with Gasteiger partial charge >= 0.3 is 0 Å². The Bertz CT molecular complexity index is 1190. The molecule has 0 aliphatic rings. The van der Waals surface area contributed by atoms with Crippen LogP contribution in [0.2, 0.25) is 0 Å². The Hall–Kier alpha value is -2.81. The van der Waals surface area contributed by atoms with Crippen molar-refractivity contribution in [2.75, 3.05) is 12.4 Å². The number of hydrogen-bond donors (Lipinski definition) is 4. The highest BCUT2D eigenvalue weighted by Crippen LogP contribution is 2.34. The van der Waals surface area contributed by atoms with Crippen molar-refractivity contribution in [2.45, 2.75) is 35.5 Å². The van der Waals surface area contributed by atoms with Crippen LogP contribution in [0.25, 0.3) is 5.65 Å². The van der Waals surface area contributed by atoms with Crippen LogP contribution in [0, 0.1) is 0 Å². The summed E-state index contributed by atoms with van der Waals surface area (Å²) in [5.74, 6) is -1.40.